The van der Waals surface area contributed by atoms with Gasteiger partial charge in [0.05, 0.1) is 10.6 Å². The molecule has 5 heteroatoms. The first-order valence-electron chi connectivity index (χ1n) is 6.19. The maximum Gasteiger partial charge on any atom is 0.250 e. The van der Waals surface area contributed by atoms with Crippen LogP contribution in [0.5, 0.6) is 0 Å². The number of nitrogens with zero attached hydrogens (tertiary/aromatic N) is 2. The zero-order chi connectivity index (χ0) is 13.7. The van der Waals surface area contributed by atoms with Crippen LogP contribution in [0.4, 0.5) is 5.82 Å². The number of primary amides is 1. The Morgan fingerprint density at radius 3 is 2.67 bits per heavy atom. The van der Waals surface area contributed by atoms with E-state index in [1.165, 1.54) is 6.20 Å². The number of rotatable bonds is 6. The Balaban J connectivity index is 2.96. The largest absolute Gasteiger partial charge is 0.366 e. The Bertz CT molecular complexity index is 423. The predicted molar refractivity (Wildman–Crippen MR) is 75.1 cm³/mol. The summed E-state index contributed by atoms with van der Waals surface area (Å²) in [6.45, 7) is 8.13. The number of amides is 1. The molecule has 0 saturated carbocycles. The molecule has 0 fully saturated rings. The fourth-order valence-corrected chi connectivity index (χ4v) is 1.95. The summed E-state index contributed by atoms with van der Waals surface area (Å²) >= 11 is 6.16. The lowest BCUT2D eigenvalue weighted by atomic mass is 10.1. The highest BCUT2D eigenvalue weighted by molar-refractivity contribution is 6.33. The minimum absolute atomic E-state index is 0.336. The molecular weight excluding hydrogens is 250 g/mol. The van der Waals surface area contributed by atoms with Crippen LogP contribution in [0.3, 0.4) is 0 Å². The van der Waals surface area contributed by atoms with E-state index in [4.69, 9.17) is 17.3 Å². The number of carbonyl (C=O) groups is 1. The summed E-state index contributed by atoms with van der Waals surface area (Å²) in [6.07, 6.45) is 2.58. The molecule has 1 unspecified atom stereocenters. The lowest BCUT2D eigenvalue weighted by Crippen LogP contribution is -2.29. The highest BCUT2D eigenvalue weighted by atomic mass is 35.5. The van der Waals surface area contributed by atoms with Crippen LogP contribution in [0.1, 0.15) is 37.6 Å². The molecule has 18 heavy (non-hydrogen) atoms. The monoisotopic (exact) mass is 269 g/mol. The summed E-state index contributed by atoms with van der Waals surface area (Å²) in [5, 5.41) is 0.469. The third-order valence-corrected chi connectivity index (χ3v) is 3.29. The van der Waals surface area contributed by atoms with Gasteiger partial charge in [-0.15, -0.1) is 0 Å². The van der Waals surface area contributed by atoms with Gasteiger partial charge in [0.1, 0.15) is 5.82 Å². The van der Waals surface area contributed by atoms with Crippen molar-refractivity contribution in [3.8, 4) is 0 Å². The number of hydrogen-bond acceptors (Lipinski definition) is 3. The number of carbonyl (C=O) groups excluding carboxylic acids is 1. The Labute approximate surface area is 113 Å². The Hall–Kier alpha value is -1.29. The SMILES string of the molecule is CCC(C)CN(CC)c1ncc(C(N)=O)cc1Cl. The zero-order valence-corrected chi connectivity index (χ0v) is 11.9. The lowest BCUT2D eigenvalue weighted by molar-refractivity contribution is 0.1000. The van der Waals surface area contributed by atoms with Crippen LogP contribution in [0.2, 0.25) is 5.02 Å². The van der Waals surface area contributed by atoms with Gasteiger partial charge in [0, 0.05) is 19.3 Å². The predicted octanol–water partition coefficient (Wildman–Crippen LogP) is 2.71. The smallest absolute Gasteiger partial charge is 0.250 e. The molecule has 0 aliphatic heterocycles. The van der Waals surface area contributed by atoms with Crippen molar-refractivity contribution in [1.82, 2.24) is 4.98 Å². The second-order valence-electron chi connectivity index (χ2n) is 4.45. The van der Waals surface area contributed by atoms with Crippen LogP contribution >= 0.6 is 11.6 Å². The van der Waals surface area contributed by atoms with Crippen molar-refractivity contribution in [3.63, 3.8) is 0 Å². The Morgan fingerprint density at radius 1 is 1.56 bits per heavy atom. The summed E-state index contributed by atoms with van der Waals surface area (Å²) in [5.74, 6) is 0.768. The first kappa shape index (κ1) is 14.8. The summed E-state index contributed by atoms with van der Waals surface area (Å²) in [7, 11) is 0. The zero-order valence-electron chi connectivity index (χ0n) is 11.1. The van der Waals surface area contributed by atoms with Crippen molar-refractivity contribution in [1.29, 1.82) is 0 Å². The number of nitrogens with two attached hydrogens (primary N) is 1. The number of halogens is 1. The second kappa shape index (κ2) is 6.59. The van der Waals surface area contributed by atoms with Crippen molar-refractivity contribution < 1.29 is 4.79 Å². The fraction of sp³-hybridized carbons (Fsp3) is 0.538. The van der Waals surface area contributed by atoms with Gasteiger partial charge in [-0.3, -0.25) is 4.79 Å². The maximum atomic E-state index is 11.0. The third-order valence-electron chi connectivity index (χ3n) is 3.02. The van der Waals surface area contributed by atoms with E-state index in [1.807, 2.05) is 0 Å². The molecule has 4 nitrogen and oxygen atoms in total. The van der Waals surface area contributed by atoms with Crippen molar-refractivity contribution in [3.05, 3.63) is 22.8 Å². The highest BCUT2D eigenvalue weighted by Gasteiger charge is 2.14. The quantitative estimate of drug-likeness (QED) is 0.864. The van der Waals surface area contributed by atoms with Crippen LogP contribution in [0.25, 0.3) is 0 Å². The molecule has 0 saturated heterocycles. The van der Waals surface area contributed by atoms with Gasteiger partial charge in [0.25, 0.3) is 0 Å². The molecular formula is C13H20ClN3O. The average molecular weight is 270 g/mol. The van der Waals surface area contributed by atoms with Crippen LogP contribution in [-0.2, 0) is 0 Å². The van der Waals surface area contributed by atoms with E-state index in [1.54, 1.807) is 6.07 Å². The lowest BCUT2D eigenvalue weighted by Gasteiger charge is -2.26. The number of pyridine rings is 1. The summed E-state index contributed by atoms with van der Waals surface area (Å²) in [5.41, 5.74) is 5.53. The van der Waals surface area contributed by atoms with Gasteiger partial charge < -0.3 is 10.6 Å². The molecule has 0 radical (unpaired) electrons. The third kappa shape index (κ3) is 3.60. The molecule has 1 atom stereocenters. The van der Waals surface area contributed by atoms with Crippen LogP contribution < -0.4 is 10.6 Å². The first-order valence-corrected chi connectivity index (χ1v) is 6.57. The minimum atomic E-state index is -0.513. The van der Waals surface area contributed by atoms with Gasteiger partial charge >= 0.3 is 0 Å². The van der Waals surface area contributed by atoms with Gasteiger partial charge in [-0.1, -0.05) is 31.9 Å². The summed E-state index contributed by atoms with van der Waals surface area (Å²) < 4.78 is 0. The van der Waals surface area contributed by atoms with Gasteiger partial charge in [-0.2, -0.15) is 0 Å². The second-order valence-corrected chi connectivity index (χ2v) is 4.85. The molecule has 0 aliphatic carbocycles. The van der Waals surface area contributed by atoms with E-state index in [9.17, 15) is 4.79 Å². The molecule has 100 valence electrons. The normalized spacial score (nSPS) is 12.2. The maximum absolute atomic E-state index is 11.0. The molecule has 1 rings (SSSR count). The van der Waals surface area contributed by atoms with Gasteiger partial charge in [-0.25, -0.2) is 4.98 Å². The first-order chi connectivity index (χ1) is 8.49. The van der Waals surface area contributed by atoms with E-state index < -0.39 is 5.91 Å². The van der Waals surface area contributed by atoms with Crippen molar-refractivity contribution in [2.45, 2.75) is 27.2 Å². The fourth-order valence-electron chi connectivity index (χ4n) is 1.67. The van der Waals surface area contributed by atoms with Gasteiger partial charge in [-0.05, 0) is 18.9 Å². The van der Waals surface area contributed by atoms with Crippen LogP contribution in [0, 0.1) is 5.92 Å². The van der Waals surface area contributed by atoms with E-state index >= 15 is 0 Å². The van der Waals surface area contributed by atoms with Gasteiger partial charge in [0.2, 0.25) is 5.91 Å². The molecule has 0 spiro atoms. The molecule has 1 amide bonds. The minimum Gasteiger partial charge on any atom is -0.366 e. The molecule has 1 aromatic heterocycles. The molecule has 2 N–H and O–H groups in total. The Morgan fingerprint density at radius 2 is 2.22 bits per heavy atom. The molecule has 0 aromatic carbocycles. The Kier molecular flexibility index (Phi) is 5.41. The van der Waals surface area contributed by atoms with E-state index in [2.05, 4.69) is 30.7 Å². The molecule has 0 bridgehead atoms. The van der Waals surface area contributed by atoms with Crippen LogP contribution in [0.15, 0.2) is 12.3 Å². The number of hydrogen-bond donors (Lipinski definition) is 1. The topological polar surface area (TPSA) is 59.2 Å². The van der Waals surface area contributed by atoms with Crippen LogP contribution in [-0.4, -0.2) is 24.0 Å². The number of anilines is 1. The molecule has 0 aliphatic rings. The summed E-state index contributed by atoms with van der Waals surface area (Å²) in [6, 6.07) is 1.57. The van der Waals surface area contributed by atoms with Crippen molar-refractivity contribution >= 4 is 23.3 Å². The standard InChI is InChI=1S/C13H20ClN3O/c1-4-9(3)8-17(5-2)13-11(14)6-10(7-16-13)12(15)18/h6-7,9H,4-5,8H2,1-3H3,(H2,15,18). The number of aromatic nitrogens is 1. The van der Waals surface area contributed by atoms with E-state index in [0.29, 0.717) is 22.3 Å². The molecule has 1 aromatic rings. The van der Waals surface area contributed by atoms with Crippen molar-refractivity contribution in [2.24, 2.45) is 11.7 Å². The average Bonchev–Trinajstić information content (AvgIpc) is 2.35. The highest BCUT2D eigenvalue weighted by Crippen LogP contribution is 2.25. The molecule has 1 heterocycles. The summed E-state index contributed by atoms with van der Waals surface area (Å²) in [4.78, 5) is 17.4. The van der Waals surface area contributed by atoms with Gasteiger partial charge in [0.15, 0.2) is 0 Å². The van der Waals surface area contributed by atoms with E-state index in [0.717, 1.165) is 19.5 Å². The van der Waals surface area contributed by atoms with E-state index in [-0.39, 0.29) is 0 Å². The van der Waals surface area contributed by atoms with Crippen molar-refractivity contribution in [2.75, 3.05) is 18.0 Å².